The number of hydrogen-bond donors (Lipinski definition) is 1. The van der Waals surface area contributed by atoms with Crippen molar-refractivity contribution in [3.8, 4) is 0 Å². The van der Waals surface area contributed by atoms with E-state index in [9.17, 15) is 14.4 Å². The van der Waals surface area contributed by atoms with Gasteiger partial charge in [0.1, 0.15) is 0 Å². The molecule has 8 heteroatoms. The number of nitrogens with zero attached hydrogens (tertiary/aromatic N) is 3. The molecule has 4 rings (SSSR count). The molecule has 2 fully saturated rings. The Balaban J connectivity index is 1.27. The molecule has 0 saturated carbocycles. The van der Waals surface area contributed by atoms with Crippen LogP contribution in [0.2, 0.25) is 0 Å². The highest BCUT2D eigenvalue weighted by Gasteiger charge is 2.25. The van der Waals surface area contributed by atoms with E-state index in [4.69, 9.17) is 4.42 Å². The first kappa shape index (κ1) is 19.2. The van der Waals surface area contributed by atoms with Crippen molar-refractivity contribution in [2.45, 2.75) is 12.8 Å². The molecule has 1 aromatic heterocycles. The first-order valence-corrected chi connectivity index (χ1v) is 9.85. The van der Waals surface area contributed by atoms with Crippen LogP contribution in [0.25, 0.3) is 0 Å². The maximum atomic E-state index is 12.5. The van der Waals surface area contributed by atoms with Crippen LogP contribution in [-0.4, -0.2) is 66.8 Å². The standard InChI is InChI=1S/C21H24N4O4/c26-19(22-16-4-1-5-17(14-16)25-8-2-7-20(25)27)15-23-9-11-24(12-10-23)21(28)18-6-3-13-29-18/h1,3-6,13-14H,2,7-12,15H2,(H,22,26). The van der Waals surface area contributed by atoms with Crippen molar-refractivity contribution < 1.29 is 18.8 Å². The number of carbonyl (C=O) groups is 3. The summed E-state index contributed by atoms with van der Waals surface area (Å²) in [5, 5.41) is 2.91. The molecule has 2 aliphatic heterocycles. The van der Waals surface area contributed by atoms with Gasteiger partial charge >= 0.3 is 0 Å². The van der Waals surface area contributed by atoms with Crippen LogP contribution in [0.4, 0.5) is 11.4 Å². The number of anilines is 2. The van der Waals surface area contributed by atoms with Crippen molar-refractivity contribution in [1.29, 1.82) is 0 Å². The highest BCUT2D eigenvalue weighted by molar-refractivity contribution is 5.97. The van der Waals surface area contributed by atoms with Gasteiger partial charge in [-0.1, -0.05) is 6.07 Å². The maximum absolute atomic E-state index is 12.5. The topological polar surface area (TPSA) is 86.1 Å². The third kappa shape index (κ3) is 4.48. The Morgan fingerprint density at radius 3 is 2.55 bits per heavy atom. The molecule has 1 N–H and O–H groups in total. The molecule has 29 heavy (non-hydrogen) atoms. The Morgan fingerprint density at radius 2 is 1.86 bits per heavy atom. The maximum Gasteiger partial charge on any atom is 0.289 e. The van der Waals surface area contributed by atoms with Crippen LogP contribution < -0.4 is 10.2 Å². The Bertz CT molecular complexity index is 888. The molecule has 0 radical (unpaired) electrons. The smallest absolute Gasteiger partial charge is 0.289 e. The molecule has 2 saturated heterocycles. The van der Waals surface area contributed by atoms with E-state index in [0.717, 1.165) is 18.7 Å². The van der Waals surface area contributed by atoms with Crippen LogP contribution in [0.3, 0.4) is 0 Å². The summed E-state index contributed by atoms with van der Waals surface area (Å²) < 4.78 is 5.17. The fraction of sp³-hybridized carbons (Fsp3) is 0.381. The molecular weight excluding hydrogens is 372 g/mol. The number of hydrogen-bond acceptors (Lipinski definition) is 5. The lowest BCUT2D eigenvalue weighted by molar-refractivity contribution is -0.118. The summed E-state index contributed by atoms with van der Waals surface area (Å²) in [7, 11) is 0. The number of carbonyl (C=O) groups excluding carboxylic acids is 3. The molecule has 3 amide bonds. The van der Waals surface area contributed by atoms with Gasteiger partial charge in [-0.15, -0.1) is 0 Å². The first-order chi connectivity index (χ1) is 14.1. The third-order valence-electron chi connectivity index (χ3n) is 5.27. The molecule has 8 nitrogen and oxygen atoms in total. The molecule has 0 unspecified atom stereocenters. The van der Waals surface area contributed by atoms with Crippen LogP contribution in [-0.2, 0) is 9.59 Å². The largest absolute Gasteiger partial charge is 0.459 e. The van der Waals surface area contributed by atoms with Crippen molar-refractivity contribution in [3.63, 3.8) is 0 Å². The number of benzene rings is 1. The van der Waals surface area contributed by atoms with Gasteiger partial charge in [-0.3, -0.25) is 19.3 Å². The quantitative estimate of drug-likeness (QED) is 0.833. The van der Waals surface area contributed by atoms with Gasteiger partial charge in [-0.05, 0) is 36.8 Å². The highest BCUT2D eigenvalue weighted by atomic mass is 16.3. The van der Waals surface area contributed by atoms with Gasteiger partial charge in [0.15, 0.2) is 5.76 Å². The Morgan fingerprint density at radius 1 is 1.03 bits per heavy atom. The molecule has 3 heterocycles. The van der Waals surface area contributed by atoms with E-state index in [1.54, 1.807) is 21.9 Å². The molecule has 0 aliphatic carbocycles. The van der Waals surface area contributed by atoms with Gasteiger partial charge in [-0.2, -0.15) is 0 Å². The second-order valence-corrected chi connectivity index (χ2v) is 7.29. The zero-order valence-corrected chi connectivity index (χ0v) is 16.2. The van der Waals surface area contributed by atoms with E-state index in [0.29, 0.717) is 44.0 Å². The summed E-state index contributed by atoms with van der Waals surface area (Å²) in [6.45, 7) is 3.34. The first-order valence-electron chi connectivity index (χ1n) is 9.85. The van der Waals surface area contributed by atoms with E-state index in [2.05, 4.69) is 5.32 Å². The Labute approximate surface area is 169 Å². The van der Waals surface area contributed by atoms with Crippen molar-refractivity contribution in [3.05, 3.63) is 48.4 Å². The SMILES string of the molecule is O=C(CN1CCN(C(=O)c2ccco2)CC1)Nc1cccc(N2CCCC2=O)c1. The molecule has 152 valence electrons. The predicted molar refractivity (Wildman–Crippen MR) is 108 cm³/mol. The predicted octanol–water partition coefficient (Wildman–Crippen LogP) is 1.80. The van der Waals surface area contributed by atoms with Gasteiger partial charge in [0.05, 0.1) is 12.8 Å². The van der Waals surface area contributed by atoms with Crippen LogP contribution >= 0.6 is 0 Å². The van der Waals surface area contributed by atoms with Gasteiger partial charge in [0, 0.05) is 50.5 Å². The highest BCUT2D eigenvalue weighted by Crippen LogP contribution is 2.24. The second kappa shape index (κ2) is 8.48. The van der Waals surface area contributed by atoms with Crippen molar-refractivity contribution in [2.75, 3.05) is 49.5 Å². The molecular formula is C21H24N4O4. The number of furan rings is 1. The summed E-state index contributed by atoms with van der Waals surface area (Å²) in [4.78, 5) is 42.2. The Kier molecular flexibility index (Phi) is 5.62. The lowest BCUT2D eigenvalue weighted by Crippen LogP contribution is -2.50. The summed E-state index contributed by atoms with van der Waals surface area (Å²) in [5.74, 6) is 0.232. The summed E-state index contributed by atoms with van der Waals surface area (Å²) >= 11 is 0. The average Bonchev–Trinajstić information content (AvgIpc) is 3.40. The minimum atomic E-state index is -0.118. The van der Waals surface area contributed by atoms with E-state index in [1.807, 2.05) is 29.2 Å². The van der Waals surface area contributed by atoms with E-state index >= 15 is 0 Å². The molecule has 0 bridgehead atoms. The summed E-state index contributed by atoms with van der Waals surface area (Å²) in [6, 6.07) is 10.7. The van der Waals surface area contributed by atoms with E-state index in [1.165, 1.54) is 6.26 Å². The van der Waals surface area contributed by atoms with E-state index < -0.39 is 0 Å². The second-order valence-electron chi connectivity index (χ2n) is 7.29. The van der Waals surface area contributed by atoms with Crippen molar-refractivity contribution in [2.24, 2.45) is 0 Å². The van der Waals surface area contributed by atoms with Gasteiger partial charge in [0.2, 0.25) is 11.8 Å². The lowest BCUT2D eigenvalue weighted by atomic mass is 10.2. The zero-order chi connectivity index (χ0) is 20.2. The lowest BCUT2D eigenvalue weighted by Gasteiger charge is -2.33. The van der Waals surface area contributed by atoms with Gasteiger partial charge in [-0.25, -0.2) is 0 Å². The van der Waals surface area contributed by atoms with Crippen LogP contribution in [0.5, 0.6) is 0 Å². The van der Waals surface area contributed by atoms with E-state index in [-0.39, 0.29) is 24.3 Å². The van der Waals surface area contributed by atoms with Crippen LogP contribution in [0, 0.1) is 0 Å². The van der Waals surface area contributed by atoms with Crippen LogP contribution in [0.15, 0.2) is 47.1 Å². The minimum Gasteiger partial charge on any atom is -0.459 e. The minimum absolute atomic E-state index is 0.110. The molecule has 1 aromatic carbocycles. The average molecular weight is 396 g/mol. The van der Waals surface area contributed by atoms with Gasteiger partial charge in [0.25, 0.3) is 5.91 Å². The third-order valence-corrected chi connectivity index (χ3v) is 5.27. The number of piperazine rings is 1. The molecule has 2 aliphatic rings. The summed E-state index contributed by atoms with van der Waals surface area (Å²) in [6.07, 6.45) is 2.93. The summed E-state index contributed by atoms with van der Waals surface area (Å²) in [5.41, 5.74) is 1.49. The number of amides is 3. The van der Waals surface area contributed by atoms with Crippen LogP contribution in [0.1, 0.15) is 23.4 Å². The fourth-order valence-corrected chi connectivity index (χ4v) is 3.74. The monoisotopic (exact) mass is 396 g/mol. The Hall–Kier alpha value is -3.13. The normalized spacial score (nSPS) is 17.6. The van der Waals surface area contributed by atoms with Crippen molar-refractivity contribution in [1.82, 2.24) is 9.80 Å². The van der Waals surface area contributed by atoms with Gasteiger partial charge < -0.3 is 19.5 Å². The van der Waals surface area contributed by atoms with Crippen molar-refractivity contribution >= 4 is 29.1 Å². The fourth-order valence-electron chi connectivity index (χ4n) is 3.74. The zero-order valence-electron chi connectivity index (χ0n) is 16.2. The molecule has 0 atom stereocenters. The number of rotatable bonds is 5. The molecule has 0 spiro atoms. The number of nitrogens with one attached hydrogen (secondary N) is 1. The molecule has 2 aromatic rings.